The minimum atomic E-state index is -0.621. The van der Waals surface area contributed by atoms with Crippen molar-refractivity contribution in [2.75, 3.05) is 26.2 Å². The summed E-state index contributed by atoms with van der Waals surface area (Å²) < 4.78 is 0.875. The first-order chi connectivity index (χ1) is 18.1. The molecule has 2 aromatic carbocycles. The van der Waals surface area contributed by atoms with Gasteiger partial charge in [0.05, 0.1) is 11.6 Å². The molecule has 1 N–H and O–H groups in total. The zero-order chi connectivity index (χ0) is 27.9. The second kappa shape index (κ2) is 13.6. The Labute approximate surface area is 237 Å². The van der Waals surface area contributed by atoms with Crippen molar-refractivity contribution in [2.45, 2.75) is 78.2 Å². The molecule has 0 unspecified atom stereocenters. The predicted octanol–water partition coefficient (Wildman–Crippen LogP) is 7.46. The van der Waals surface area contributed by atoms with Crippen LogP contribution in [0.1, 0.15) is 89.5 Å². The number of hydrogen-bond donors (Lipinski definition) is 1. The second-order valence-corrected chi connectivity index (χ2v) is 12.2. The molecular formula is C32H43BrN2O3. The molecule has 0 spiro atoms. The lowest BCUT2D eigenvalue weighted by molar-refractivity contribution is -0.140. The minimum Gasteiger partial charge on any atom is -0.507 e. The summed E-state index contributed by atoms with van der Waals surface area (Å²) in [6, 6.07) is 14.6. The van der Waals surface area contributed by atoms with Gasteiger partial charge in [0.15, 0.2) is 0 Å². The normalized spacial score (nSPS) is 17.6. The van der Waals surface area contributed by atoms with Crippen LogP contribution in [-0.4, -0.2) is 52.8 Å². The van der Waals surface area contributed by atoms with E-state index in [2.05, 4.69) is 67.6 Å². The number of benzene rings is 2. The number of carbonyl (C=O) groups excluding carboxylic acids is 2. The van der Waals surface area contributed by atoms with Crippen LogP contribution in [-0.2, 0) is 15.0 Å². The van der Waals surface area contributed by atoms with Gasteiger partial charge in [-0.2, -0.15) is 0 Å². The zero-order valence-corrected chi connectivity index (χ0v) is 25.2. The molecule has 1 heterocycles. The third-order valence-corrected chi connectivity index (χ3v) is 7.81. The van der Waals surface area contributed by atoms with Crippen LogP contribution in [0.4, 0.5) is 0 Å². The SMILES string of the molecule is CCCCN(CCCC)CCCN1C(=O)C(=O)C(=C(O)c2ccc(Br)cc2)[C@@H]1c1ccc(C(C)(C)C)cc1. The molecule has 0 radical (unpaired) electrons. The molecule has 1 amide bonds. The van der Waals surface area contributed by atoms with E-state index in [0.29, 0.717) is 12.1 Å². The standard InChI is InChI=1S/C32H43BrN2O3/c1-6-8-19-34(20-9-7-2)21-10-22-35-28(23-11-15-25(16-12-23)32(3,4)5)27(30(37)31(35)38)29(36)24-13-17-26(33)18-14-24/h11-18,28,36H,6-10,19-22H2,1-5H3/t28-/m0/s1. The highest BCUT2D eigenvalue weighted by molar-refractivity contribution is 9.10. The first-order valence-corrected chi connectivity index (χ1v) is 14.7. The van der Waals surface area contributed by atoms with Gasteiger partial charge < -0.3 is 14.9 Å². The van der Waals surface area contributed by atoms with Gasteiger partial charge in [0.25, 0.3) is 11.7 Å². The molecule has 0 aromatic heterocycles. The topological polar surface area (TPSA) is 60.9 Å². The van der Waals surface area contributed by atoms with E-state index in [1.165, 1.54) is 5.56 Å². The molecular weight excluding hydrogens is 540 g/mol. The van der Waals surface area contributed by atoms with Crippen molar-refractivity contribution in [2.24, 2.45) is 0 Å². The van der Waals surface area contributed by atoms with Crippen molar-refractivity contribution in [1.29, 1.82) is 0 Å². The molecule has 1 aliphatic heterocycles. The average molecular weight is 584 g/mol. The number of likely N-dealkylation sites (tertiary alicyclic amines) is 1. The van der Waals surface area contributed by atoms with Crippen LogP contribution >= 0.6 is 15.9 Å². The van der Waals surface area contributed by atoms with E-state index in [9.17, 15) is 14.7 Å². The highest BCUT2D eigenvalue weighted by Crippen LogP contribution is 2.40. The van der Waals surface area contributed by atoms with Gasteiger partial charge in [-0.05, 0) is 67.6 Å². The average Bonchev–Trinajstić information content (AvgIpc) is 3.14. The maximum atomic E-state index is 13.4. The van der Waals surface area contributed by atoms with Gasteiger partial charge in [-0.1, -0.05) is 99.8 Å². The van der Waals surface area contributed by atoms with E-state index in [1.807, 2.05) is 24.3 Å². The highest BCUT2D eigenvalue weighted by atomic mass is 79.9. The van der Waals surface area contributed by atoms with Crippen LogP contribution in [0.2, 0.25) is 0 Å². The number of halogens is 1. The number of Topliss-reactive ketones (excluding diaryl/α,β-unsaturated/α-hetero) is 1. The van der Waals surface area contributed by atoms with Crippen molar-refractivity contribution in [3.8, 4) is 0 Å². The molecule has 5 nitrogen and oxygen atoms in total. The maximum absolute atomic E-state index is 13.4. The van der Waals surface area contributed by atoms with Crippen molar-refractivity contribution in [3.05, 3.63) is 75.3 Å². The number of rotatable bonds is 12. The highest BCUT2D eigenvalue weighted by Gasteiger charge is 2.45. The Morgan fingerprint density at radius 2 is 1.45 bits per heavy atom. The second-order valence-electron chi connectivity index (χ2n) is 11.3. The summed E-state index contributed by atoms with van der Waals surface area (Å²) in [5, 5.41) is 11.3. The van der Waals surface area contributed by atoms with Crippen LogP contribution in [0.3, 0.4) is 0 Å². The van der Waals surface area contributed by atoms with Gasteiger partial charge in [0, 0.05) is 16.6 Å². The van der Waals surface area contributed by atoms with Gasteiger partial charge >= 0.3 is 0 Å². The molecule has 0 bridgehead atoms. The summed E-state index contributed by atoms with van der Waals surface area (Å²) >= 11 is 3.42. The van der Waals surface area contributed by atoms with E-state index in [0.717, 1.165) is 61.8 Å². The van der Waals surface area contributed by atoms with Gasteiger partial charge in [-0.15, -0.1) is 0 Å². The summed E-state index contributed by atoms with van der Waals surface area (Å²) in [6.45, 7) is 14.3. The first-order valence-electron chi connectivity index (χ1n) is 14.0. The van der Waals surface area contributed by atoms with Crippen LogP contribution in [0.25, 0.3) is 5.76 Å². The van der Waals surface area contributed by atoms with Gasteiger partial charge in [0.1, 0.15) is 5.76 Å². The number of unbranched alkanes of at least 4 members (excludes halogenated alkanes) is 2. The fraction of sp³-hybridized carbons (Fsp3) is 0.500. The van der Waals surface area contributed by atoms with Crippen LogP contribution in [0.15, 0.2) is 58.6 Å². The molecule has 2 aromatic rings. The number of carbonyl (C=O) groups is 2. The van der Waals surface area contributed by atoms with Crippen LogP contribution in [0, 0.1) is 0 Å². The Bertz CT molecular complexity index is 1110. The number of aliphatic hydroxyl groups is 1. The quantitative estimate of drug-likeness (QED) is 0.160. The summed E-state index contributed by atoms with van der Waals surface area (Å²) in [7, 11) is 0. The lowest BCUT2D eigenvalue weighted by atomic mass is 9.85. The van der Waals surface area contributed by atoms with E-state index < -0.39 is 17.7 Å². The largest absolute Gasteiger partial charge is 0.507 e. The van der Waals surface area contributed by atoms with Gasteiger partial charge in [-0.3, -0.25) is 9.59 Å². The van der Waals surface area contributed by atoms with Gasteiger partial charge in [-0.25, -0.2) is 0 Å². The molecule has 1 aliphatic rings. The number of ketones is 1. The zero-order valence-electron chi connectivity index (χ0n) is 23.6. The molecule has 38 heavy (non-hydrogen) atoms. The number of nitrogens with zero attached hydrogens (tertiary/aromatic N) is 2. The summed E-state index contributed by atoms with van der Waals surface area (Å²) in [4.78, 5) is 30.8. The van der Waals surface area contributed by atoms with Crippen LogP contribution < -0.4 is 0 Å². The summed E-state index contributed by atoms with van der Waals surface area (Å²) in [5.41, 5.74) is 2.68. The Hall–Kier alpha value is -2.44. The predicted molar refractivity (Wildman–Crippen MR) is 159 cm³/mol. The minimum absolute atomic E-state index is 0.0157. The maximum Gasteiger partial charge on any atom is 0.295 e. The van der Waals surface area contributed by atoms with Crippen molar-refractivity contribution in [1.82, 2.24) is 9.80 Å². The fourth-order valence-electron chi connectivity index (χ4n) is 4.95. The van der Waals surface area contributed by atoms with Crippen LogP contribution in [0.5, 0.6) is 0 Å². The monoisotopic (exact) mass is 582 g/mol. The number of aliphatic hydroxyl groups excluding tert-OH is 1. The Kier molecular flexibility index (Phi) is 10.8. The molecule has 0 aliphatic carbocycles. The fourth-order valence-corrected chi connectivity index (χ4v) is 5.21. The van der Waals surface area contributed by atoms with E-state index >= 15 is 0 Å². The Balaban J connectivity index is 1.95. The summed E-state index contributed by atoms with van der Waals surface area (Å²) in [5.74, 6) is -1.29. The van der Waals surface area contributed by atoms with Gasteiger partial charge in [0.2, 0.25) is 0 Å². The molecule has 1 saturated heterocycles. The molecule has 206 valence electrons. The van der Waals surface area contributed by atoms with Crippen molar-refractivity contribution in [3.63, 3.8) is 0 Å². The van der Waals surface area contributed by atoms with Crippen molar-refractivity contribution < 1.29 is 14.7 Å². The Morgan fingerprint density at radius 3 is 1.97 bits per heavy atom. The molecule has 0 saturated carbocycles. The van der Waals surface area contributed by atoms with E-state index in [4.69, 9.17) is 0 Å². The Morgan fingerprint density at radius 1 is 0.895 bits per heavy atom. The molecule has 3 rings (SSSR count). The molecule has 1 fully saturated rings. The smallest absolute Gasteiger partial charge is 0.295 e. The third kappa shape index (κ3) is 7.35. The summed E-state index contributed by atoms with van der Waals surface area (Å²) in [6.07, 6.45) is 5.38. The lowest BCUT2D eigenvalue weighted by Gasteiger charge is -2.28. The van der Waals surface area contributed by atoms with E-state index in [-0.39, 0.29) is 16.7 Å². The molecule has 6 heteroatoms. The van der Waals surface area contributed by atoms with Crippen molar-refractivity contribution >= 4 is 33.4 Å². The number of hydrogen-bond acceptors (Lipinski definition) is 4. The number of amides is 1. The first kappa shape index (κ1) is 30.1. The third-order valence-electron chi connectivity index (χ3n) is 7.28. The van der Waals surface area contributed by atoms with E-state index in [1.54, 1.807) is 17.0 Å². The lowest BCUT2D eigenvalue weighted by Crippen LogP contribution is -2.34. The molecule has 1 atom stereocenters.